The number of rotatable bonds is 4. The number of halogens is 1. The molecule has 1 N–H and O–H groups in total. The van der Waals surface area contributed by atoms with E-state index in [1.165, 1.54) is 26.5 Å². The minimum atomic E-state index is -0.470. The van der Waals surface area contributed by atoms with Gasteiger partial charge in [0, 0.05) is 11.9 Å². The second-order valence-electron chi connectivity index (χ2n) is 4.04. The van der Waals surface area contributed by atoms with Crippen molar-refractivity contribution >= 4 is 23.5 Å². The Kier molecular flexibility index (Phi) is 4.54. The SMILES string of the molecule is COc1cc(OC)nc(NC(=O)c2cnc(C)cc2Cl)n1. The molecule has 0 radical (unpaired) electrons. The zero-order valence-electron chi connectivity index (χ0n) is 11.7. The minimum absolute atomic E-state index is 0.0489. The normalized spacial score (nSPS) is 10.1. The van der Waals surface area contributed by atoms with E-state index in [1.807, 2.05) is 0 Å². The number of hydrogen-bond donors (Lipinski definition) is 1. The van der Waals surface area contributed by atoms with Crippen molar-refractivity contribution in [2.24, 2.45) is 0 Å². The Bertz CT molecular complexity index is 656. The molecule has 0 bridgehead atoms. The topological polar surface area (TPSA) is 86.2 Å². The van der Waals surface area contributed by atoms with Crippen LogP contribution in [0.1, 0.15) is 16.1 Å². The Morgan fingerprint density at radius 2 is 1.81 bits per heavy atom. The first-order chi connectivity index (χ1) is 10.0. The number of nitrogens with one attached hydrogen (secondary N) is 1. The Hall–Kier alpha value is -2.41. The van der Waals surface area contributed by atoms with E-state index in [-0.39, 0.29) is 23.3 Å². The van der Waals surface area contributed by atoms with Gasteiger partial charge in [0.25, 0.3) is 5.91 Å². The van der Waals surface area contributed by atoms with Crippen molar-refractivity contribution in [3.8, 4) is 11.8 Å². The van der Waals surface area contributed by atoms with Crippen LogP contribution in [0.3, 0.4) is 0 Å². The van der Waals surface area contributed by atoms with Crippen molar-refractivity contribution in [1.82, 2.24) is 15.0 Å². The fraction of sp³-hybridized carbons (Fsp3) is 0.231. The molecule has 2 aromatic rings. The van der Waals surface area contributed by atoms with Crippen molar-refractivity contribution in [2.75, 3.05) is 19.5 Å². The van der Waals surface area contributed by atoms with E-state index in [9.17, 15) is 4.79 Å². The van der Waals surface area contributed by atoms with E-state index in [0.717, 1.165) is 5.69 Å². The van der Waals surface area contributed by atoms with Crippen molar-refractivity contribution in [3.05, 3.63) is 34.6 Å². The van der Waals surface area contributed by atoms with Crippen LogP contribution in [0.5, 0.6) is 11.8 Å². The number of anilines is 1. The number of hydrogen-bond acceptors (Lipinski definition) is 6. The summed E-state index contributed by atoms with van der Waals surface area (Å²) in [6, 6.07) is 3.10. The molecule has 0 aromatic carbocycles. The molecule has 21 heavy (non-hydrogen) atoms. The third-order valence-electron chi connectivity index (χ3n) is 2.56. The molecule has 7 nitrogen and oxygen atoms in total. The highest BCUT2D eigenvalue weighted by molar-refractivity contribution is 6.34. The number of pyridine rings is 1. The lowest BCUT2D eigenvalue weighted by molar-refractivity contribution is 0.102. The van der Waals surface area contributed by atoms with Crippen LogP contribution in [0.25, 0.3) is 0 Å². The number of aryl methyl sites for hydroxylation is 1. The highest BCUT2D eigenvalue weighted by Crippen LogP contribution is 2.20. The summed E-state index contributed by atoms with van der Waals surface area (Å²) in [4.78, 5) is 24.2. The first-order valence-electron chi connectivity index (χ1n) is 5.94. The van der Waals surface area contributed by atoms with Crippen LogP contribution < -0.4 is 14.8 Å². The lowest BCUT2D eigenvalue weighted by Crippen LogP contribution is -2.15. The summed E-state index contributed by atoms with van der Waals surface area (Å²) in [6.07, 6.45) is 1.39. The quantitative estimate of drug-likeness (QED) is 0.931. The summed E-state index contributed by atoms with van der Waals surface area (Å²) >= 11 is 6.02. The van der Waals surface area contributed by atoms with E-state index in [1.54, 1.807) is 13.0 Å². The number of methoxy groups -OCH3 is 2. The van der Waals surface area contributed by atoms with Gasteiger partial charge in [0.15, 0.2) is 0 Å². The minimum Gasteiger partial charge on any atom is -0.481 e. The summed E-state index contributed by atoms with van der Waals surface area (Å²) in [6.45, 7) is 1.78. The van der Waals surface area contributed by atoms with Crippen LogP contribution in [0.2, 0.25) is 5.02 Å². The maximum atomic E-state index is 12.1. The third kappa shape index (κ3) is 3.57. The molecule has 2 heterocycles. The lowest BCUT2D eigenvalue weighted by atomic mass is 10.2. The molecule has 0 fully saturated rings. The molecule has 0 aliphatic rings. The van der Waals surface area contributed by atoms with Crippen LogP contribution in [0.15, 0.2) is 18.3 Å². The molecular weight excluding hydrogens is 296 g/mol. The molecular formula is C13H13ClN4O3. The van der Waals surface area contributed by atoms with Gasteiger partial charge in [-0.2, -0.15) is 9.97 Å². The summed E-state index contributed by atoms with van der Waals surface area (Å²) in [5, 5.41) is 2.82. The van der Waals surface area contributed by atoms with Crippen LogP contribution in [-0.2, 0) is 0 Å². The third-order valence-corrected chi connectivity index (χ3v) is 2.87. The lowest BCUT2D eigenvalue weighted by Gasteiger charge is -2.08. The van der Waals surface area contributed by atoms with Crippen molar-refractivity contribution < 1.29 is 14.3 Å². The number of nitrogens with zero attached hydrogens (tertiary/aromatic N) is 3. The van der Waals surface area contributed by atoms with Gasteiger partial charge in [-0.15, -0.1) is 0 Å². The Morgan fingerprint density at radius 1 is 1.19 bits per heavy atom. The number of amides is 1. The molecule has 110 valence electrons. The molecule has 0 unspecified atom stereocenters. The molecule has 8 heteroatoms. The predicted octanol–water partition coefficient (Wildman–Crippen LogP) is 2.10. The summed E-state index contributed by atoms with van der Waals surface area (Å²) in [7, 11) is 2.91. The monoisotopic (exact) mass is 308 g/mol. The Morgan fingerprint density at radius 3 is 2.33 bits per heavy atom. The maximum Gasteiger partial charge on any atom is 0.261 e. The van der Waals surface area contributed by atoms with Gasteiger partial charge in [-0.05, 0) is 13.0 Å². The van der Waals surface area contributed by atoms with Gasteiger partial charge in [-0.25, -0.2) is 0 Å². The molecule has 2 rings (SSSR count). The highest BCUT2D eigenvalue weighted by Gasteiger charge is 2.14. The number of ether oxygens (including phenoxy) is 2. The largest absolute Gasteiger partial charge is 0.481 e. The molecule has 2 aromatic heterocycles. The van der Waals surface area contributed by atoms with Gasteiger partial charge < -0.3 is 9.47 Å². The first kappa shape index (κ1) is 15.0. The average Bonchev–Trinajstić information content (AvgIpc) is 2.46. The van der Waals surface area contributed by atoms with Crippen LogP contribution >= 0.6 is 11.6 Å². The second-order valence-corrected chi connectivity index (χ2v) is 4.44. The molecule has 0 spiro atoms. The molecule has 0 atom stereocenters. The van der Waals surface area contributed by atoms with Gasteiger partial charge in [0.05, 0.1) is 30.9 Å². The number of carbonyl (C=O) groups excluding carboxylic acids is 1. The van der Waals surface area contributed by atoms with Crippen molar-refractivity contribution in [1.29, 1.82) is 0 Å². The van der Waals surface area contributed by atoms with E-state index in [4.69, 9.17) is 21.1 Å². The number of aromatic nitrogens is 3. The molecule has 0 aliphatic heterocycles. The van der Waals surface area contributed by atoms with Crippen LogP contribution in [0.4, 0.5) is 5.95 Å². The predicted molar refractivity (Wildman–Crippen MR) is 77.1 cm³/mol. The fourth-order valence-electron chi connectivity index (χ4n) is 1.53. The molecule has 0 saturated heterocycles. The van der Waals surface area contributed by atoms with Crippen LogP contribution in [0, 0.1) is 6.92 Å². The van der Waals surface area contributed by atoms with E-state index >= 15 is 0 Å². The average molecular weight is 309 g/mol. The summed E-state index contributed by atoms with van der Waals surface area (Å²) < 4.78 is 10.0. The van der Waals surface area contributed by atoms with Gasteiger partial charge in [0.2, 0.25) is 17.7 Å². The maximum absolute atomic E-state index is 12.1. The standard InChI is InChI=1S/C13H13ClN4O3/c1-7-4-9(14)8(6-15-7)12(19)18-13-16-10(20-2)5-11(17-13)21-3/h4-6H,1-3H3,(H,16,17,18,19). The van der Waals surface area contributed by atoms with Gasteiger partial charge in [0.1, 0.15) is 0 Å². The zero-order chi connectivity index (χ0) is 15.4. The van der Waals surface area contributed by atoms with Gasteiger partial charge in [-0.1, -0.05) is 11.6 Å². The summed E-state index contributed by atoms with van der Waals surface area (Å²) in [5.41, 5.74) is 0.948. The van der Waals surface area contributed by atoms with E-state index in [2.05, 4.69) is 20.3 Å². The first-order valence-corrected chi connectivity index (χ1v) is 6.32. The molecule has 0 saturated carbocycles. The smallest absolute Gasteiger partial charge is 0.261 e. The van der Waals surface area contributed by atoms with Gasteiger partial charge in [-0.3, -0.25) is 15.1 Å². The summed E-state index contributed by atoms with van der Waals surface area (Å²) in [5.74, 6) is 0.117. The van der Waals surface area contributed by atoms with Crippen LogP contribution in [-0.4, -0.2) is 35.1 Å². The van der Waals surface area contributed by atoms with E-state index < -0.39 is 5.91 Å². The zero-order valence-corrected chi connectivity index (χ0v) is 12.4. The fourth-order valence-corrected chi connectivity index (χ4v) is 1.82. The number of carbonyl (C=O) groups is 1. The second kappa shape index (κ2) is 6.36. The Balaban J connectivity index is 2.26. The molecule has 0 aliphatic carbocycles. The highest BCUT2D eigenvalue weighted by atomic mass is 35.5. The van der Waals surface area contributed by atoms with Crippen molar-refractivity contribution in [3.63, 3.8) is 0 Å². The molecule has 1 amide bonds. The van der Waals surface area contributed by atoms with Gasteiger partial charge >= 0.3 is 0 Å². The van der Waals surface area contributed by atoms with E-state index in [0.29, 0.717) is 5.02 Å². The Labute approximate surface area is 126 Å². The van der Waals surface area contributed by atoms with Crippen molar-refractivity contribution in [2.45, 2.75) is 6.92 Å².